The van der Waals surface area contributed by atoms with Crippen LogP contribution in [0.15, 0.2) is 12.5 Å². The smallest absolute Gasteiger partial charge is 0.329 e. The van der Waals surface area contributed by atoms with Crippen LogP contribution in [0.1, 0.15) is 5.82 Å². The lowest BCUT2D eigenvalue weighted by molar-refractivity contribution is -0.384. The van der Waals surface area contributed by atoms with Crippen LogP contribution in [0, 0.1) is 10.1 Å². The van der Waals surface area contributed by atoms with E-state index in [0.29, 0.717) is 5.82 Å². The summed E-state index contributed by atoms with van der Waals surface area (Å²) >= 11 is 0. The number of hydrogen-bond acceptors (Lipinski definition) is 8. The van der Waals surface area contributed by atoms with E-state index in [1.54, 1.807) is 7.05 Å². The topological polar surface area (TPSA) is 138 Å². The van der Waals surface area contributed by atoms with Crippen LogP contribution in [0.4, 0.5) is 17.5 Å². The SMILES string of the molecule is Cn1cnc(CNc2nc(N)ncc2[N+](=O)[O-])n1. The lowest BCUT2D eigenvalue weighted by Gasteiger charge is -2.03. The molecule has 2 rings (SSSR count). The molecule has 2 aromatic heterocycles. The Morgan fingerprint density at radius 3 is 2.94 bits per heavy atom. The Hall–Kier alpha value is -2.78. The molecule has 3 N–H and O–H groups in total. The van der Waals surface area contributed by atoms with Crippen LogP contribution in [-0.4, -0.2) is 29.7 Å². The van der Waals surface area contributed by atoms with Gasteiger partial charge in [0, 0.05) is 7.05 Å². The molecular formula is C8H10N8O2. The zero-order valence-corrected chi connectivity index (χ0v) is 9.44. The van der Waals surface area contributed by atoms with E-state index < -0.39 is 4.92 Å². The number of nitrogens with two attached hydrogens (primary N) is 1. The first-order valence-corrected chi connectivity index (χ1v) is 4.91. The van der Waals surface area contributed by atoms with Gasteiger partial charge in [-0.05, 0) is 0 Å². The third-order valence-electron chi connectivity index (χ3n) is 2.05. The lowest BCUT2D eigenvalue weighted by Crippen LogP contribution is -2.08. The van der Waals surface area contributed by atoms with Crippen molar-refractivity contribution in [2.75, 3.05) is 11.1 Å². The normalized spacial score (nSPS) is 10.3. The molecule has 18 heavy (non-hydrogen) atoms. The first-order chi connectivity index (χ1) is 8.56. The molecule has 10 heteroatoms. The maximum Gasteiger partial charge on any atom is 0.329 e. The molecule has 0 atom stereocenters. The Morgan fingerprint density at radius 1 is 1.56 bits per heavy atom. The van der Waals surface area contributed by atoms with Crippen LogP contribution in [0.5, 0.6) is 0 Å². The number of rotatable bonds is 4. The van der Waals surface area contributed by atoms with Crippen LogP contribution in [0.25, 0.3) is 0 Å². The number of aryl methyl sites for hydroxylation is 1. The van der Waals surface area contributed by atoms with E-state index in [4.69, 9.17) is 5.73 Å². The molecule has 0 saturated heterocycles. The van der Waals surface area contributed by atoms with Gasteiger partial charge in [-0.3, -0.25) is 14.8 Å². The predicted octanol–water partition coefficient (Wildman–Crippen LogP) is -0.292. The monoisotopic (exact) mass is 250 g/mol. The first-order valence-electron chi connectivity index (χ1n) is 4.91. The van der Waals surface area contributed by atoms with Gasteiger partial charge in [0.2, 0.25) is 11.8 Å². The van der Waals surface area contributed by atoms with Gasteiger partial charge in [-0.1, -0.05) is 0 Å². The van der Waals surface area contributed by atoms with E-state index in [1.165, 1.54) is 11.0 Å². The molecule has 0 unspecified atom stereocenters. The standard InChI is InChI=1S/C8H10N8O2/c1-15-4-12-6(14-15)3-10-7-5(16(17)18)2-11-8(9)13-7/h2,4H,3H2,1H3,(H3,9,10,11,13). The molecule has 0 radical (unpaired) electrons. The number of aromatic nitrogens is 5. The highest BCUT2D eigenvalue weighted by Crippen LogP contribution is 2.21. The van der Waals surface area contributed by atoms with Crippen LogP contribution in [0.2, 0.25) is 0 Å². The van der Waals surface area contributed by atoms with E-state index in [2.05, 4.69) is 25.4 Å². The molecular weight excluding hydrogens is 240 g/mol. The Balaban J connectivity index is 2.17. The summed E-state index contributed by atoms with van der Waals surface area (Å²) in [7, 11) is 1.72. The Kier molecular flexibility index (Phi) is 3.00. The molecule has 0 aliphatic carbocycles. The van der Waals surface area contributed by atoms with Crippen molar-refractivity contribution < 1.29 is 4.92 Å². The average molecular weight is 250 g/mol. The van der Waals surface area contributed by atoms with Crippen molar-refractivity contribution in [2.45, 2.75) is 6.54 Å². The summed E-state index contributed by atoms with van der Waals surface area (Å²) in [6.45, 7) is 0.206. The van der Waals surface area contributed by atoms with E-state index in [0.717, 1.165) is 6.20 Å². The molecule has 0 bridgehead atoms. The van der Waals surface area contributed by atoms with Gasteiger partial charge in [-0.2, -0.15) is 10.1 Å². The van der Waals surface area contributed by atoms with Crippen molar-refractivity contribution in [2.24, 2.45) is 7.05 Å². The highest BCUT2D eigenvalue weighted by atomic mass is 16.6. The first kappa shape index (κ1) is 11.7. The minimum atomic E-state index is -0.590. The number of hydrogen-bond donors (Lipinski definition) is 2. The van der Waals surface area contributed by atoms with Crippen molar-refractivity contribution in [3.8, 4) is 0 Å². The summed E-state index contributed by atoms with van der Waals surface area (Å²) in [5, 5.41) is 17.5. The molecule has 0 spiro atoms. The van der Waals surface area contributed by atoms with E-state index >= 15 is 0 Å². The molecule has 2 heterocycles. The quantitative estimate of drug-likeness (QED) is 0.557. The minimum Gasteiger partial charge on any atom is -0.368 e. The fraction of sp³-hybridized carbons (Fsp3) is 0.250. The molecule has 0 fully saturated rings. The second-order valence-electron chi connectivity index (χ2n) is 3.41. The Bertz CT molecular complexity index is 580. The number of nitrogens with one attached hydrogen (secondary N) is 1. The molecule has 2 aromatic rings. The van der Waals surface area contributed by atoms with Gasteiger partial charge in [-0.15, -0.1) is 0 Å². The van der Waals surface area contributed by atoms with Crippen LogP contribution < -0.4 is 11.1 Å². The van der Waals surface area contributed by atoms with Gasteiger partial charge < -0.3 is 11.1 Å². The fourth-order valence-corrected chi connectivity index (χ4v) is 1.28. The summed E-state index contributed by atoms with van der Waals surface area (Å²) in [5.74, 6) is 0.487. The van der Waals surface area contributed by atoms with Gasteiger partial charge in [0.15, 0.2) is 5.82 Å². The molecule has 94 valence electrons. The van der Waals surface area contributed by atoms with Gasteiger partial charge >= 0.3 is 5.69 Å². The maximum absolute atomic E-state index is 10.8. The number of nitro groups is 1. The minimum absolute atomic E-state index is 0.0416. The van der Waals surface area contributed by atoms with E-state index in [1.807, 2.05) is 0 Å². The third kappa shape index (κ3) is 2.48. The van der Waals surface area contributed by atoms with Crippen LogP contribution in [-0.2, 0) is 13.6 Å². The van der Waals surface area contributed by atoms with Gasteiger partial charge in [0.1, 0.15) is 12.5 Å². The van der Waals surface area contributed by atoms with Crippen molar-refractivity contribution >= 4 is 17.5 Å². The van der Waals surface area contributed by atoms with Crippen molar-refractivity contribution in [1.29, 1.82) is 0 Å². The second-order valence-corrected chi connectivity index (χ2v) is 3.41. The van der Waals surface area contributed by atoms with Crippen molar-refractivity contribution in [1.82, 2.24) is 24.7 Å². The zero-order valence-electron chi connectivity index (χ0n) is 9.44. The summed E-state index contributed by atoms with van der Waals surface area (Å²) in [6.07, 6.45) is 2.58. The highest BCUT2D eigenvalue weighted by Gasteiger charge is 2.16. The van der Waals surface area contributed by atoms with Crippen molar-refractivity contribution in [3.63, 3.8) is 0 Å². The van der Waals surface area contributed by atoms with Gasteiger partial charge in [0.25, 0.3) is 0 Å². The molecule has 0 amide bonds. The zero-order chi connectivity index (χ0) is 13.1. The maximum atomic E-state index is 10.8. The second kappa shape index (κ2) is 4.61. The number of nitrogens with zero attached hydrogens (tertiary/aromatic N) is 6. The molecule has 0 aliphatic heterocycles. The Morgan fingerprint density at radius 2 is 2.33 bits per heavy atom. The summed E-state index contributed by atoms with van der Waals surface area (Å²) in [5.41, 5.74) is 5.13. The highest BCUT2D eigenvalue weighted by molar-refractivity contribution is 5.56. The molecule has 0 saturated carbocycles. The molecule has 10 nitrogen and oxygen atoms in total. The Labute approximate surface area is 101 Å². The van der Waals surface area contributed by atoms with Gasteiger partial charge in [0.05, 0.1) is 11.5 Å². The van der Waals surface area contributed by atoms with Gasteiger partial charge in [-0.25, -0.2) is 9.97 Å². The molecule has 0 aliphatic rings. The lowest BCUT2D eigenvalue weighted by atomic mass is 10.4. The van der Waals surface area contributed by atoms with Crippen molar-refractivity contribution in [3.05, 3.63) is 28.5 Å². The predicted molar refractivity (Wildman–Crippen MR) is 61.4 cm³/mol. The third-order valence-corrected chi connectivity index (χ3v) is 2.05. The van der Waals surface area contributed by atoms with E-state index in [9.17, 15) is 10.1 Å². The number of nitrogen functional groups attached to an aromatic ring is 1. The summed E-state index contributed by atoms with van der Waals surface area (Å²) in [6, 6.07) is 0. The molecule has 0 aromatic carbocycles. The summed E-state index contributed by atoms with van der Waals surface area (Å²) in [4.78, 5) is 21.5. The van der Waals surface area contributed by atoms with Crippen LogP contribution >= 0.6 is 0 Å². The largest absolute Gasteiger partial charge is 0.368 e. The number of anilines is 2. The van der Waals surface area contributed by atoms with E-state index in [-0.39, 0.29) is 24.0 Å². The van der Waals surface area contributed by atoms with Crippen LogP contribution in [0.3, 0.4) is 0 Å². The summed E-state index contributed by atoms with van der Waals surface area (Å²) < 4.78 is 1.53. The fourth-order valence-electron chi connectivity index (χ4n) is 1.28. The average Bonchev–Trinajstić information content (AvgIpc) is 2.72.